The summed E-state index contributed by atoms with van der Waals surface area (Å²) in [6, 6.07) is 5.65. The molecule has 0 radical (unpaired) electrons. The van der Waals surface area contributed by atoms with E-state index in [4.69, 9.17) is 11.6 Å². The number of aliphatic hydroxyl groups excluding tert-OH is 1. The molecule has 1 rings (SSSR count). The zero-order valence-corrected chi connectivity index (χ0v) is 15.8. The Bertz CT molecular complexity index is 427. The Morgan fingerprint density at radius 1 is 1.14 bits per heavy atom. The molecule has 0 saturated carbocycles. The molecule has 1 atom stereocenters. The third-order valence-electron chi connectivity index (χ3n) is 3.29. The number of nitrogens with zero attached hydrogens (tertiary/aromatic N) is 1. The van der Waals surface area contributed by atoms with E-state index in [-0.39, 0.29) is 0 Å². The van der Waals surface area contributed by atoms with Crippen molar-refractivity contribution in [2.75, 3.05) is 19.6 Å². The fraction of sp³-hybridized carbons (Fsp3) is 0.647. The van der Waals surface area contributed by atoms with Crippen LogP contribution in [0.15, 0.2) is 22.7 Å². The minimum Gasteiger partial charge on any atom is -0.388 e. The SMILES string of the molecule is CC(C)CN(CCC(O)c1ccc(Br)cc1Cl)CC(C)C. The van der Waals surface area contributed by atoms with Crippen molar-refractivity contribution in [2.45, 2.75) is 40.2 Å². The molecule has 0 fully saturated rings. The van der Waals surface area contributed by atoms with Gasteiger partial charge in [-0.05, 0) is 36.0 Å². The number of rotatable bonds is 8. The van der Waals surface area contributed by atoms with Crippen LogP contribution < -0.4 is 0 Å². The van der Waals surface area contributed by atoms with Crippen LogP contribution in [-0.4, -0.2) is 29.6 Å². The highest BCUT2D eigenvalue weighted by molar-refractivity contribution is 9.10. The summed E-state index contributed by atoms with van der Waals surface area (Å²) in [7, 11) is 0. The second-order valence-corrected chi connectivity index (χ2v) is 7.84. The van der Waals surface area contributed by atoms with Gasteiger partial charge in [-0.15, -0.1) is 0 Å². The van der Waals surface area contributed by atoms with Crippen LogP contribution >= 0.6 is 27.5 Å². The van der Waals surface area contributed by atoms with Crippen molar-refractivity contribution in [3.05, 3.63) is 33.3 Å². The van der Waals surface area contributed by atoms with E-state index in [2.05, 4.69) is 48.5 Å². The monoisotopic (exact) mass is 375 g/mol. The highest BCUT2D eigenvalue weighted by Gasteiger charge is 2.15. The van der Waals surface area contributed by atoms with E-state index < -0.39 is 6.10 Å². The maximum atomic E-state index is 10.4. The molecule has 120 valence electrons. The molecule has 1 N–H and O–H groups in total. The molecule has 0 aliphatic heterocycles. The molecular weight excluding hydrogens is 350 g/mol. The number of hydrogen-bond donors (Lipinski definition) is 1. The third kappa shape index (κ3) is 7.14. The first-order chi connectivity index (χ1) is 9.79. The Labute approximate surface area is 142 Å². The van der Waals surface area contributed by atoms with E-state index in [1.165, 1.54) is 0 Å². The Hall–Kier alpha value is -0.0900. The van der Waals surface area contributed by atoms with E-state index in [1.807, 2.05) is 18.2 Å². The van der Waals surface area contributed by atoms with Gasteiger partial charge in [0.25, 0.3) is 0 Å². The molecule has 0 bridgehead atoms. The van der Waals surface area contributed by atoms with Gasteiger partial charge < -0.3 is 10.0 Å². The molecule has 1 unspecified atom stereocenters. The first kappa shape index (κ1) is 19.0. The Morgan fingerprint density at radius 3 is 2.19 bits per heavy atom. The zero-order chi connectivity index (χ0) is 16.0. The van der Waals surface area contributed by atoms with Gasteiger partial charge in [0.1, 0.15) is 0 Å². The lowest BCUT2D eigenvalue weighted by Crippen LogP contribution is -2.33. The van der Waals surface area contributed by atoms with Gasteiger partial charge in [-0.2, -0.15) is 0 Å². The fourth-order valence-corrected chi connectivity index (χ4v) is 3.32. The lowest BCUT2D eigenvalue weighted by Gasteiger charge is -2.27. The third-order valence-corrected chi connectivity index (χ3v) is 4.11. The summed E-state index contributed by atoms with van der Waals surface area (Å²) in [5, 5.41) is 11.0. The molecule has 1 aromatic rings. The zero-order valence-electron chi connectivity index (χ0n) is 13.4. The lowest BCUT2D eigenvalue weighted by molar-refractivity contribution is 0.131. The molecule has 0 heterocycles. The standard InChI is InChI=1S/C17H27BrClNO/c1-12(2)10-20(11-13(3)4)8-7-17(21)15-6-5-14(18)9-16(15)19/h5-6,9,12-13,17,21H,7-8,10-11H2,1-4H3. The van der Waals surface area contributed by atoms with Gasteiger partial charge in [0, 0.05) is 29.1 Å². The molecular formula is C17H27BrClNO. The van der Waals surface area contributed by atoms with Crippen molar-refractivity contribution in [3.8, 4) is 0 Å². The highest BCUT2D eigenvalue weighted by atomic mass is 79.9. The molecule has 0 spiro atoms. The van der Waals surface area contributed by atoms with Crippen molar-refractivity contribution >= 4 is 27.5 Å². The maximum absolute atomic E-state index is 10.4. The van der Waals surface area contributed by atoms with Crippen LogP contribution in [0.1, 0.15) is 45.8 Å². The molecule has 0 aliphatic rings. The summed E-state index contributed by atoms with van der Waals surface area (Å²) in [6.07, 6.45) is 0.202. The second-order valence-electron chi connectivity index (χ2n) is 6.52. The summed E-state index contributed by atoms with van der Waals surface area (Å²) in [5.41, 5.74) is 0.814. The average molecular weight is 377 g/mol. The van der Waals surface area contributed by atoms with Crippen LogP contribution in [0.25, 0.3) is 0 Å². The van der Waals surface area contributed by atoms with Crippen molar-refractivity contribution in [1.29, 1.82) is 0 Å². The molecule has 0 amide bonds. The topological polar surface area (TPSA) is 23.5 Å². The minimum atomic E-state index is -0.507. The predicted molar refractivity (Wildman–Crippen MR) is 94.8 cm³/mol. The van der Waals surface area contributed by atoms with E-state index >= 15 is 0 Å². The van der Waals surface area contributed by atoms with Crippen LogP contribution in [0.5, 0.6) is 0 Å². The van der Waals surface area contributed by atoms with Crippen LogP contribution in [0.2, 0.25) is 5.02 Å². The van der Waals surface area contributed by atoms with Crippen LogP contribution in [0.4, 0.5) is 0 Å². The van der Waals surface area contributed by atoms with Crippen molar-refractivity contribution in [1.82, 2.24) is 4.90 Å². The van der Waals surface area contributed by atoms with Gasteiger partial charge in [0.05, 0.1) is 6.10 Å². The molecule has 4 heteroatoms. The van der Waals surface area contributed by atoms with Crippen LogP contribution in [0.3, 0.4) is 0 Å². The quantitative estimate of drug-likeness (QED) is 0.679. The van der Waals surface area contributed by atoms with E-state index in [0.717, 1.165) is 29.7 Å². The Balaban J connectivity index is 2.61. The normalized spacial score (nSPS) is 13.4. The van der Waals surface area contributed by atoms with Gasteiger partial charge in [-0.3, -0.25) is 0 Å². The molecule has 21 heavy (non-hydrogen) atoms. The van der Waals surface area contributed by atoms with E-state index in [1.54, 1.807) is 0 Å². The van der Waals surface area contributed by atoms with Gasteiger partial charge in [-0.1, -0.05) is 61.3 Å². The van der Waals surface area contributed by atoms with Crippen molar-refractivity contribution in [2.24, 2.45) is 11.8 Å². The summed E-state index contributed by atoms with van der Waals surface area (Å²) >= 11 is 9.59. The van der Waals surface area contributed by atoms with E-state index in [0.29, 0.717) is 23.3 Å². The summed E-state index contributed by atoms with van der Waals surface area (Å²) in [4.78, 5) is 2.44. The largest absolute Gasteiger partial charge is 0.388 e. The fourth-order valence-electron chi connectivity index (χ4n) is 2.52. The van der Waals surface area contributed by atoms with Gasteiger partial charge >= 0.3 is 0 Å². The number of aliphatic hydroxyl groups is 1. The number of hydrogen-bond acceptors (Lipinski definition) is 2. The van der Waals surface area contributed by atoms with E-state index in [9.17, 15) is 5.11 Å². The summed E-state index contributed by atoms with van der Waals surface area (Å²) in [6.45, 7) is 12.0. The van der Waals surface area contributed by atoms with Crippen LogP contribution in [-0.2, 0) is 0 Å². The maximum Gasteiger partial charge on any atom is 0.0816 e. The first-order valence-corrected chi connectivity index (χ1v) is 8.82. The smallest absolute Gasteiger partial charge is 0.0816 e. The Morgan fingerprint density at radius 2 is 1.71 bits per heavy atom. The van der Waals surface area contributed by atoms with Crippen LogP contribution in [0, 0.1) is 11.8 Å². The molecule has 0 aliphatic carbocycles. The first-order valence-electron chi connectivity index (χ1n) is 7.65. The molecule has 0 saturated heterocycles. The predicted octanol–water partition coefficient (Wildman–Crippen LogP) is 5.14. The van der Waals surface area contributed by atoms with Crippen molar-refractivity contribution in [3.63, 3.8) is 0 Å². The number of halogens is 2. The summed E-state index contributed by atoms with van der Waals surface area (Å²) < 4.78 is 0.935. The average Bonchev–Trinajstić information content (AvgIpc) is 2.34. The second kappa shape index (κ2) is 9.14. The number of benzene rings is 1. The molecule has 2 nitrogen and oxygen atoms in total. The van der Waals surface area contributed by atoms with Crippen molar-refractivity contribution < 1.29 is 5.11 Å². The van der Waals surface area contributed by atoms with Gasteiger partial charge in [-0.25, -0.2) is 0 Å². The molecule has 1 aromatic carbocycles. The lowest BCUT2D eigenvalue weighted by atomic mass is 10.1. The molecule has 0 aromatic heterocycles. The minimum absolute atomic E-state index is 0.507. The van der Waals surface area contributed by atoms with Gasteiger partial charge in [0.2, 0.25) is 0 Å². The summed E-state index contributed by atoms with van der Waals surface area (Å²) in [5.74, 6) is 1.27. The highest BCUT2D eigenvalue weighted by Crippen LogP contribution is 2.28. The Kier molecular flexibility index (Phi) is 8.25. The van der Waals surface area contributed by atoms with Gasteiger partial charge in [0.15, 0.2) is 0 Å².